The fraction of sp³-hybridized carbons (Fsp3) is 1.00. The molecule has 0 aromatic heterocycles. The highest BCUT2D eigenvalue weighted by Crippen LogP contribution is 2.47. The van der Waals surface area contributed by atoms with Gasteiger partial charge >= 0.3 is 0 Å². The largest absolute Gasteiger partial charge is 0.0651 e. The van der Waals surface area contributed by atoms with Gasteiger partial charge in [-0.05, 0) is 41.4 Å². The Morgan fingerprint density at radius 1 is 0.765 bits per heavy atom. The smallest absolute Gasteiger partial charge is 0.0267 e. The fourth-order valence-electron chi connectivity index (χ4n) is 3.20. The highest BCUT2D eigenvalue weighted by atomic mass is 14.4. The molecule has 17 heavy (non-hydrogen) atoms. The van der Waals surface area contributed by atoms with Gasteiger partial charge in [-0.15, -0.1) is 0 Å². The first-order valence-corrected chi connectivity index (χ1v) is 7.66. The van der Waals surface area contributed by atoms with Crippen LogP contribution >= 0.6 is 0 Å². The second kappa shape index (κ2) is 6.81. The maximum absolute atomic E-state index is 2.54. The molecule has 0 aromatic rings. The van der Waals surface area contributed by atoms with Gasteiger partial charge in [-0.2, -0.15) is 0 Å². The van der Waals surface area contributed by atoms with E-state index in [2.05, 4.69) is 62.3 Å². The summed E-state index contributed by atoms with van der Waals surface area (Å²) in [6.45, 7) is 21.7. The van der Waals surface area contributed by atoms with E-state index in [1.807, 2.05) is 0 Å². The van der Waals surface area contributed by atoms with Crippen LogP contribution in [0.3, 0.4) is 0 Å². The van der Waals surface area contributed by atoms with E-state index in [1.54, 1.807) is 0 Å². The van der Waals surface area contributed by atoms with Gasteiger partial charge in [0.1, 0.15) is 0 Å². The second-order valence-corrected chi connectivity index (χ2v) is 7.29. The molecule has 0 N–H and O–H groups in total. The van der Waals surface area contributed by atoms with Crippen molar-refractivity contribution in [2.45, 2.75) is 75.2 Å². The Kier molecular flexibility index (Phi) is 6.81. The summed E-state index contributed by atoms with van der Waals surface area (Å²) in [5, 5.41) is 0. The van der Waals surface area contributed by atoms with Gasteiger partial charge in [0.25, 0.3) is 0 Å². The Morgan fingerprint density at radius 3 is 1.35 bits per heavy atom. The molecule has 0 fully saturated rings. The van der Waals surface area contributed by atoms with Crippen LogP contribution in [0.1, 0.15) is 75.2 Å². The summed E-state index contributed by atoms with van der Waals surface area (Å²) in [4.78, 5) is 0. The van der Waals surface area contributed by atoms with Gasteiger partial charge in [0, 0.05) is 0 Å². The van der Waals surface area contributed by atoms with Crippen molar-refractivity contribution in [1.82, 2.24) is 0 Å². The van der Waals surface area contributed by atoms with E-state index < -0.39 is 0 Å². The Bertz CT molecular complexity index is 188. The van der Waals surface area contributed by atoms with Gasteiger partial charge < -0.3 is 0 Å². The first-order valence-electron chi connectivity index (χ1n) is 7.66. The maximum atomic E-state index is 2.54. The van der Waals surface area contributed by atoms with Crippen LogP contribution < -0.4 is 0 Å². The minimum Gasteiger partial charge on any atom is -0.0651 e. The van der Waals surface area contributed by atoms with Gasteiger partial charge in [-0.3, -0.25) is 0 Å². The summed E-state index contributed by atoms with van der Waals surface area (Å²) in [6.07, 6.45) is 2.69. The molecule has 3 atom stereocenters. The van der Waals surface area contributed by atoms with Crippen LogP contribution in [0.5, 0.6) is 0 Å². The van der Waals surface area contributed by atoms with E-state index in [1.165, 1.54) is 12.8 Å². The lowest BCUT2D eigenvalue weighted by Crippen LogP contribution is -2.39. The lowest BCUT2D eigenvalue weighted by molar-refractivity contribution is 0.0282. The average Bonchev–Trinajstić information content (AvgIpc) is 2.25. The third-order valence-corrected chi connectivity index (χ3v) is 5.57. The summed E-state index contributed by atoms with van der Waals surface area (Å²) in [6, 6.07) is 0. The molecule has 0 bridgehead atoms. The Morgan fingerprint density at radius 2 is 1.12 bits per heavy atom. The lowest BCUT2D eigenvalue weighted by Gasteiger charge is -2.46. The monoisotopic (exact) mass is 240 g/mol. The molecular weight excluding hydrogens is 204 g/mol. The molecule has 0 rings (SSSR count). The van der Waals surface area contributed by atoms with Crippen molar-refractivity contribution in [3.63, 3.8) is 0 Å². The Labute approximate surface area is 111 Å². The number of rotatable bonds is 7. The van der Waals surface area contributed by atoms with Crippen molar-refractivity contribution in [3.05, 3.63) is 0 Å². The molecule has 0 aliphatic carbocycles. The Balaban J connectivity index is 5.05. The number of hydrogen-bond acceptors (Lipinski definition) is 0. The summed E-state index contributed by atoms with van der Waals surface area (Å²) in [5.74, 6) is 4.01. The highest BCUT2D eigenvalue weighted by molar-refractivity contribution is 4.88. The van der Waals surface area contributed by atoms with Gasteiger partial charge in [0.2, 0.25) is 0 Å². The van der Waals surface area contributed by atoms with Crippen LogP contribution in [0.15, 0.2) is 0 Å². The minimum absolute atomic E-state index is 0.484. The molecule has 0 nitrogen and oxygen atoms in total. The first kappa shape index (κ1) is 17.0. The van der Waals surface area contributed by atoms with Crippen molar-refractivity contribution in [1.29, 1.82) is 0 Å². The molecule has 3 unspecified atom stereocenters. The van der Waals surface area contributed by atoms with Gasteiger partial charge in [0.15, 0.2) is 0 Å². The molecule has 0 heteroatoms. The molecular formula is C17H36. The molecule has 0 aliphatic heterocycles. The molecule has 104 valence electrons. The standard InChI is InChI=1S/C17H36/c1-10-14(6)11-17(9,15(7)12(2)3)16(8)13(4)5/h12-16H,10-11H2,1-9H3. The zero-order chi connectivity index (χ0) is 13.8. The van der Waals surface area contributed by atoms with E-state index in [0.717, 1.165) is 29.6 Å². The topological polar surface area (TPSA) is 0 Å². The van der Waals surface area contributed by atoms with E-state index in [4.69, 9.17) is 0 Å². The fourth-order valence-corrected chi connectivity index (χ4v) is 3.20. The molecule has 0 spiro atoms. The van der Waals surface area contributed by atoms with Crippen molar-refractivity contribution in [2.75, 3.05) is 0 Å². The summed E-state index contributed by atoms with van der Waals surface area (Å²) >= 11 is 0. The molecule has 0 amide bonds. The maximum Gasteiger partial charge on any atom is -0.0267 e. The predicted molar refractivity (Wildman–Crippen MR) is 80.2 cm³/mol. The quantitative estimate of drug-likeness (QED) is 0.511. The van der Waals surface area contributed by atoms with Crippen LogP contribution in [-0.4, -0.2) is 0 Å². The van der Waals surface area contributed by atoms with Crippen LogP contribution in [-0.2, 0) is 0 Å². The first-order chi connectivity index (χ1) is 7.66. The van der Waals surface area contributed by atoms with E-state index in [9.17, 15) is 0 Å². The van der Waals surface area contributed by atoms with Gasteiger partial charge in [-0.1, -0.05) is 68.7 Å². The van der Waals surface area contributed by atoms with Gasteiger partial charge in [0.05, 0.1) is 0 Å². The predicted octanol–water partition coefficient (Wildman–Crippen LogP) is 6.01. The molecule has 0 radical (unpaired) electrons. The minimum atomic E-state index is 0.484. The summed E-state index contributed by atoms with van der Waals surface area (Å²) in [7, 11) is 0. The normalized spacial score (nSPS) is 21.4. The zero-order valence-electron chi connectivity index (χ0n) is 13.8. The third kappa shape index (κ3) is 4.30. The Hall–Kier alpha value is 0. The van der Waals surface area contributed by atoms with Crippen molar-refractivity contribution in [3.8, 4) is 0 Å². The summed E-state index contributed by atoms with van der Waals surface area (Å²) < 4.78 is 0. The average molecular weight is 240 g/mol. The molecule has 0 saturated heterocycles. The van der Waals surface area contributed by atoms with Crippen LogP contribution in [0.25, 0.3) is 0 Å². The second-order valence-electron chi connectivity index (χ2n) is 7.29. The molecule has 0 saturated carbocycles. The van der Waals surface area contributed by atoms with Crippen molar-refractivity contribution >= 4 is 0 Å². The molecule has 0 heterocycles. The summed E-state index contributed by atoms with van der Waals surface area (Å²) in [5.41, 5.74) is 0.484. The van der Waals surface area contributed by atoms with E-state index in [0.29, 0.717) is 5.41 Å². The zero-order valence-corrected chi connectivity index (χ0v) is 13.8. The number of hydrogen-bond donors (Lipinski definition) is 0. The molecule has 0 aliphatic rings. The van der Waals surface area contributed by atoms with E-state index in [-0.39, 0.29) is 0 Å². The SMILES string of the molecule is CCC(C)CC(C)(C(C)C(C)C)C(C)C(C)C. The highest BCUT2D eigenvalue weighted by Gasteiger charge is 2.39. The third-order valence-electron chi connectivity index (χ3n) is 5.57. The van der Waals surface area contributed by atoms with Crippen LogP contribution in [0.2, 0.25) is 0 Å². The van der Waals surface area contributed by atoms with Crippen LogP contribution in [0.4, 0.5) is 0 Å². The van der Waals surface area contributed by atoms with Crippen molar-refractivity contribution < 1.29 is 0 Å². The van der Waals surface area contributed by atoms with Gasteiger partial charge in [-0.25, -0.2) is 0 Å². The van der Waals surface area contributed by atoms with E-state index >= 15 is 0 Å². The molecule has 0 aromatic carbocycles. The van der Waals surface area contributed by atoms with Crippen LogP contribution in [0, 0.1) is 35.0 Å². The van der Waals surface area contributed by atoms with Crippen molar-refractivity contribution in [2.24, 2.45) is 35.0 Å². The lowest BCUT2D eigenvalue weighted by atomic mass is 9.59.